The lowest BCUT2D eigenvalue weighted by atomic mass is 9.98. The Bertz CT molecular complexity index is 166. The van der Waals surface area contributed by atoms with Gasteiger partial charge in [0.1, 0.15) is 0 Å². The minimum Gasteiger partial charge on any atom is -0.466 e. The predicted octanol–water partition coefficient (Wildman–Crippen LogP) is 0.793. The molecule has 0 radical (unpaired) electrons. The fourth-order valence-electron chi connectivity index (χ4n) is 1.58. The van der Waals surface area contributed by atoms with Crippen LogP contribution in [-0.2, 0) is 14.3 Å². The van der Waals surface area contributed by atoms with Crippen LogP contribution in [-0.4, -0.2) is 25.4 Å². The summed E-state index contributed by atoms with van der Waals surface area (Å²) >= 11 is 0. The van der Waals surface area contributed by atoms with Crippen LogP contribution < -0.4 is 5.73 Å². The Morgan fingerprint density at radius 1 is 1.38 bits per heavy atom. The second-order valence-corrected chi connectivity index (χ2v) is 3.34. The van der Waals surface area contributed by atoms with E-state index in [2.05, 4.69) is 4.74 Å². The minimum atomic E-state index is -0.909. The molecule has 1 fully saturated rings. The van der Waals surface area contributed by atoms with Crippen molar-refractivity contribution >= 4 is 5.97 Å². The van der Waals surface area contributed by atoms with Crippen molar-refractivity contribution in [1.29, 1.82) is 0 Å². The molecule has 76 valence electrons. The highest BCUT2D eigenvalue weighted by atomic mass is 16.6. The highest BCUT2D eigenvalue weighted by Gasteiger charge is 2.21. The number of hydrogen-bond acceptors (Lipinski definition) is 4. The van der Waals surface area contributed by atoms with E-state index < -0.39 is 12.2 Å². The topological polar surface area (TPSA) is 61.5 Å². The first-order valence-electron chi connectivity index (χ1n) is 4.73. The quantitative estimate of drug-likeness (QED) is 0.524. The summed E-state index contributed by atoms with van der Waals surface area (Å²) in [4.78, 5) is 10.9. The van der Waals surface area contributed by atoms with Crippen molar-refractivity contribution < 1.29 is 14.3 Å². The molecule has 0 amide bonds. The Morgan fingerprint density at radius 3 is 2.54 bits per heavy atom. The Morgan fingerprint density at radius 2 is 2.00 bits per heavy atom. The van der Waals surface area contributed by atoms with Crippen molar-refractivity contribution in [2.45, 2.75) is 44.4 Å². The first-order valence-corrected chi connectivity index (χ1v) is 4.73. The number of carbonyl (C=O) groups is 1. The van der Waals surface area contributed by atoms with E-state index >= 15 is 0 Å². The van der Waals surface area contributed by atoms with E-state index in [1.807, 2.05) is 0 Å². The van der Waals surface area contributed by atoms with E-state index in [1.165, 1.54) is 26.4 Å². The van der Waals surface area contributed by atoms with Gasteiger partial charge in [0.2, 0.25) is 6.23 Å². The zero-order valence-electron chi connectivity index (χ0n) is 7.99. The van der Waals surface area contributed by atoms with Gasteiger partial charge in [0, 0.05) is 0 Å². The molecule has 1 rings (SSSR count). The highest BCUT2D eigenvalue weighted by Crippen LogP contribution is 2.20. The predicted molar refractivity (Wildman–Crippen MR) is 47.9 cm³/mol. The lowest BCUT2D eigenvalue weighted by Crippen LogP contribution is -2.38. The van der Waals surface area contributed by atoms with Gasteiger partial charge in [0.25, 0.3) is 0 Å². The molecule has 0 aliphatic heterocycles. The van der Waals surface area contributed by atoms with Gasteiger partial charge in [-0.15, -0.1) is 0 Å². The summed E-state index contributed by atoms with van der Waals surface area (Å²) in [7, 11) is 1.31. The number of esters is 1. The minimum absolute atomic E-state index is 0.142. The number of rotatable bonds is 3. The molecule has 1 atom stereocenters. The van der Waals surface area contributed by atoms with Gasteiger partial charge < -0.3 is 9.47 Å². The maximum absolute atomic E-state index is 10.9. The fraction of sp³-hybridized carbons (Fsp3) is 0.889. The molecule has 0 spiro atoms. The van der Waals surface area contributed by atoms with E-state index in [4.69, 9.17) is 10.5 Å². The SMILES string of the molecule is COC(=O)C(N)OC1CCCCC1. The number of ether oxygens (including phenoxy) is 2. The van der Waals surface area contributed by atoms with Crippen molar-refractivity contribution in [2.75, 3.05) is 7.11 Å². The normalized spacial score (nSPS) is 21.1. The Labute approximate surface area is 78.4 Å². The second-order valence-electron chi connectivity index (χ2n) is 3.34. The first kappa shape index (κ1) is 10.5. The third kappa shape index (κ3) is 3.32. The van der Waals surface area contributed by atoms with Crippen molar-refractivity contribution in [3.63, 3.8) is 0 Å². The summed E-state index contributed by atoms with van der Waals surface area (Å²) < 4.78 is 9.81. The van der Waals surface area contributed by atoms with Crippen molar-refractivity contribution in [2.24, 2.45) is 5.73 Å². The molecule has 2 N–H and O–H groups in total. The van der Waals surface area contributed by atoms with Gasteiger partial charge in [0.15, 0.2) is 0 Å². The highest BCUT2D eigenvalue weighted by molar-refractivity contribution is 5.73. The number of methoxy groups -OCH3 is 1. The summed E-state index contributed by atoms with van der Waals surface area (Å²) in [5, 5.41) is 0. The van der Waals surface area contributed by atoms with Crippen LogP contribution in [0.25, 0.3) is 0 Å². The summed E-state index contributed by atoms with van der Waals surface area (Å²) in [6.07, 6.45) is 4.83. The molecule has 1 unspecified atom stereocenters. The van der Waals surface area contributed by atoms with Gasteiger partial charge in [-0.3, -0.25) is 5.73 Å². The molecular weight excluding hydrogens is 170 g/mol. The lowest BCUT2D eigenvalue weighted by molar-refractivity contribution is -0.158. The first-order chi connectivity index (χ1) is 6.24. The summed E-state index contributed by atoms with van der Waals surface area (Å²) in [5.74, 6) is -0.495. The van der Waals surface area contributed by atoms with Crippen molar-refractivity contribution in [1.82, 2.24) is 0 Å². The summed E-state index contributed by atoms with van der Waals surface area (Å²) in [6.45, 7) is 0. The van der Waals surface area contributed by atoms with Crippen LogP contribution in [0.1, 0.15) is 32.1 Å². The molecule has 0 heterocycles. The van der Waals surface area contributed by atoms with Crippen LogP contribution >= 0.6 is 0 Å². The van der Waals surface area contributed by atoms with Gasteiger partial charge in [-0.25, -0.2) is 4.79 Å². The zero-order chi connectivity index (χ0) is 9.68. The average Bonchev–Trinajstić information content (AvgIpc) is 2.18. The molecule has 4 nitrogen and oxygen atoms in total. The second kappa shape index (κ2) is 5.19. The lowest BCUT2D eigenvalue weighted by Gasteiger charge is -2.24. The van der Waals surface area contributed by atoms with Gasteiger partial charge in [0.05, 0.1) is 13.2 Å². The standard InChI is InChI=1S/C9H17NO3/c1-12-9(11)8(10)13-7-5-3-2-4-6-7/h7-8H,2-6,10H2,1H3. The molecule has 13 heavy (non-hydrogen) atoms. The van der Waals surface area contributed by atoms with Crippen LogP contribution in [0.15, 0.2) is 0 Å². The number of nitrogens with two attached hydrogens (primary N) is 1. The van der Waals surface area contributed by atoms with Crippen LogP contribution in [0.5, 0.6) is 0 Å². The van der Waals surface area contributed by atoms with E-state index in [9.17, 15) is 4.79 Å². The Hall–Kier alpha value is -0.610. The molecular formula is C9H17NO3. The Kier molecular flexibility index (Phi) is 4.18. The molecule has 1 aliphatic carbocycles. The van der Waals surface area contributed by atoms with E-state index in [1.54, 1.807) is 0 Å². The molecule has 0 aromatic carbocycles. The largest absolute Gasteiger partial charge is 0.466 e. The zero-order valence-corrected chi connectivity index (χ0v) is 7.99. The van der Waals surface area contributed by atoms with Gasteiger partial charge in [-0.05, 0) is 12.8 Å². The molecule has 1 saturated carbocycles. The van der Waals surface area contributed by atoms with Crippen LogP contribution in [0.2, 0.25) is 0 Å². The van der Waals surface area contributed by atoms with Crippen molar-refractivity contribution in [3.8, 4) is 0 Å². The van der Waals surface area contributed by atoms with Gasteiger partial charge in [-0.1, -0.05) is 19.3 Å². The van der Waals surface area contributed by atoms with Gasteiger partial charge in [-0.2, -0.15) is 0 Å². The van der Waals surface area contributed by atoms with Gasteiger partial charge >= 0.3 is 5.97 Å². The smallest absolute Gasteiger partial charge is 0.350 e. The molecule has 1 aliphatic rings. The Balaban J connectivity index is 2.25. The van der Waals surface area contributed by atoms with Crippen LogP contribution in [0, 0.1) is 0 Å². The number of hydrogen-bond donors (Lipinski definition) is 1. The third-order valence-corrected chi connectivity index (χ3v) is 2.32. The summed E-state index contributed by atoms with van der Waals surface area (Å²) in [5.41, 5.74) is 5.46. The molecule has 4 heteroatoms. The maximum atomic E-state index is 10.9. The van der Waals surface area contributed by atoms with Crippen LogP contribution in [0.4, 0.5) is 0 Å². The molecule has 0 aromatic heterocycles. The monoisotopic (exact) mass is 187 g/mol. The van der Waals surface area contributed by atoms with Crippen LogP contribution in [0.3, 0.4) is 0 Å². The van der Waals surface area contributed by atoms with E-state index in [-0.39, 0.29) is 6.10 Å². The maximum Gasteiger partial charge on any atom is 0.350 e. The third-order valence-electron chi connectivity index (χ3n) is 2.32. The molecule has 0 saturated heterocycles. The molecule has 0 aromatic rings. The van der Waals surface area contributed by atoms with Crippen molar-refractivity contribution in [3.05, 3.63) is 0 Å². The summed E-state index contributed by atoms with van der Waals surface area (Å²) in [6, 6.07) is 0. The molecule has 0 bridgehead atoms. The fourth-order valence-corrected chi connectivity index (χ4v) is 1.58. The number of carbonyl (C=O) groups excluding carboxylic acids is 1. The van der Waals surface area contributed by atoms with E-state index in [0.717, 1.165) is 12.8 Å². The average molecular weight is 187 g/mol. The van der Waals surface area contributed by atoms with E-state index in [0.29, 0.717) is 0 Å².